The number of piperidine rings is 1. The van der Waals surface area contributed by atoms with Crippen molar-refractivity contribution in [3.8, 4) is 0 Å². The van der Waals surface area contributed by atoms with Crippen LogP contribution in [0.2, 0.25) is 0 Å². The Balaban J connectivity index is 1.63. The number of carbonyl (C=O) groups is 1. The molecule has 0 atom stereocenters. The first-order valence-electron chi connectivity index (χ1n) is 7.81. The highest BCUT2D eigenvalue weighted by atomic mass is 16.2. The summed E-state index contributed by atoms with van der Waals surface area (Å²) in [6.45, 7) is 5.81. The molecule has 1 aromatic heterocycles. The molecule has 5 heteroatoms. The van der Waals surface area contributed by atoms with Gasteiger partial charge in [0.2, 0.25) is 5.82 Å². The fraction of sp³-hybridized carbons (Fsp3) is 0.800. The van der Waals surface area contributed by atoms with E-state index in [0.717, 1.165) is 31.8 Å². The summed E-state index contributed by atoms with van der Waals surface area (Å²) in [5.74, 6) is 1.38. The molecule has 3 rings (SSSR count). The van der Waals surface area contributed by atoms with Gasteiger partial charge in [0.15, 0.2) is 0 Å². The first-order valence-corrected chi connectivity index (χ1v) is 7.81. The molecule has 2 fully saturated rings. The number of H-pyrrole nitrogens is 1. The smallest absolute Gasteiger partial charge is 0.293 e. The Bertz CT molecular complexity index is 478. The summed E-state index contributed by atoms with van der Waals surface area (Å²) >= 11 is 0. The van der Waals surface area contributed by atoms with Gasteiger partial charge in [0, 0.05) is 19.0 Å². The van der Waals surface area contributed by atoms with Gasteiger partial charge < -0.3 is 4.90 Å². The Morgan fingerprint density at radius 2 is 1.85 bits per heavy atom. The summed E-state index contributed by atoms with van der Waals surface area (Å²) in [6.07, 6.45) is 7.75. The van der Waals surface area contributed by atoms with Gasteiger partial charge in [0.25, 0.3) is 5.91 Å². The molecule has 1 saturated carbocycles. The van der Waals surface area contributed by atoms with Crippen LogP contribution < -0.4 is 0 Å². The van der Waals surface area contributed by atoms with E-state index in [-0.39, 0.29) is 11.8 Å². The second-order valence-corrected chi connectivity index (χ2v) is 6.70. The molecule has 0 aromatic carbocycles. The molecule has 1 aromatic rings. The minimum Gasteiger partial charge on any atom is -0.336 e. The standard InChI is InChI=1S/C15H24N4O/c1-11(2)12-16-13(18-17-12)14(20)19-9-7-15(8-10-19)5-3-4-6-15/h11H,3-10H2,1-2H3,(H,16,17,18). The molecule has 2 heterocycles. The van der Waals surface area contributed by atoms with Crippen molar-refractivity contribution in [2.45, 2.75) is 58.3 Å². The van der Waals surface area contributed by atoms with Gasteiger partial charge in [-0.2, -0.15) is 0 Å². The molecule has 5 nitrogen and oxygen atoms in total. The van der Waals surface area contributed by atoms with E-state index < -0.39 is 0 Å². The minimum atomic E-state index is -0.0130. The molecule has 110 valence electrons. The van der Waals surface area contributed by atoms with E-state index in [1.165, 1.54) is 25.7 Å². The van der Waals surface area contributed by atoms with E-state index in [0.29, 0.717) is 11.2 Å². The van der Waals surface area contributed by atoms with Crippen molar-refractivity contribution >= 4 is 5.91 Å². The number of aromatic amines is 1. The predicted octanol–water partition coefficient (Wildman–Crippen LogP) is 2.72. The molecule has 1 saturated heterocycles. The second kappa shape index (κ2) is 5.19. The van der Waals surface area contributed by atoms with Crippen LogP contribution in [0.1, 0.15) is 74.7 Å². The number of hydrogen-bond acceptors (Lipinski definition) is 3. The van der Waals surface area contributed by atoms with Gasteiger partial charge in [-0.25, -0.2) is 4.98 Å². The Morgan fingerprint density at radius 1 is 1.20 bits per heavy atom. The summed E-state index contributed by atoms with van der Waals surface area (Å²) in [4.78, 5) is 18.7. The first kappa shape index (κ1) is 13.6. The quantitative estimate of drug-likeness (QED) is 0.903. The molecule has 1 aliphatic heterocycles. The topological polar surface area (TPSA) is 61.9 Å². The summed E-state index contributed by atoms with van der Waals surface area (Å²) in [5.41, 5.74) is 0.541. The van der Waals surface area contributed by atoms with Crippen LogP contribution in [0.5, 0.6) is 0 Å². The summed E-state index contributed by atoms with van der Waals surface area (Å²) in [7, 11) is 0. The van der Waals surface area contributed by atoms with E-state index in [9.17, 15) is 4.79 Å². The molecule has 1 N–H and O–H groups in total. The van der Waals surface area contributed by atoms with Crippen molar-refractivity contribution in [1.82, 2.24) is 20.1 Å². The largest absolute Gasteiger partial charge is 0.336 e. The molecule has 0 bridgehead atoms. The third-order valence-electron chi connectivity index (χ3n) is 5.02. The molecular formula is C15H24N4O. The van der Waals surface area contributed by atoms with Crippen LogP contribution in [0.3, 0.4) is 0 Å². The lowest BCUT2D eigenvalue weighted by atomic mass is 9.77. The van der Waals surface area contributed by atoms with Crippen LogP contribution in [-0.2, 0) is 0 Å². The van der Waals surface area contributed by atoms with Crippen LogP contribution in [0.25, 0.3) is 0 Å². The summed E-state index contributed by atoms with van der Waals surface area (Å²) < 4.78 is 0. The zero-order valence-electron chi connectivity index (χ0n) is 12.5. The number of carbonyl (C=O) groups excluding carboxylic acids is 1. The monoisotopic (exact) mass is 276 g/mol. The molecule has 1 amide bonds. The van der Waals surface area contributed by atoms with Crippen molar-refractivity contribution in [3.63, 3.8) is 0 Å². The van der Waals surface area contributed by atoms with Crippen molar-refractivity contribution < 1.29 is 4.79 Å². The van der Waals surface area contributed by atoms with Crippen molar-refractivity contribution in [2.75, 3.05) is 13.1 Å². The lowest BCUT2D eigenvalue weighted by molar-refractivity contribution is 0.0576. The third-order valence-corrected chi connectivity index (χ3v) is 5.02. The van der Waals surface area contributed by atoms with Gasteiger partial charge in [-0.1, -0.05) is 26.7 Å². The van der Waals surface area contributed by atoms with E-state index in [2.05, 4.69) is 15.2 Å². The number of nitrogens with one attached hydrogen (secondary N) is 1. The third kappa shape index (κ3) is 2.45. The van der Waals surface area contributed by atoms with Crippen molar-refractivity contribution in [1.29, 1.82) is 0 Å². The number of likely N-dealkylation sites (tertiary alicyclic amines) is 1. The summed E-state index contributed by atoms with van der Waals surface area (Å²) in [6, 6.07) is 0. The summed E-state index contributed by atoms with van der Waals surface area (Å²) in [5, 5.41) is 6.94. The number of hydrogen-bond donors (Lipinski definition) is 1. The second-order valence-electron chi connectivity index (χ2n) is 6.70. The molecular weight excluding hydrogens is 252 g/mol. The Labute approximate surface area is 120 Å². The van der Waals surface area contributed by atoms with E-state index in [1.807, 2.05) is 18.7 Å². The van der Waals surface area contributed by atoms with Gasteiger partial charge in [0.05, 0.1) is 0 Å². The van der Waals surface area contributed by atoms with Gasteiger partial charge in [-0.05, 0) is 31.1 Å². The SMILES string of the molecule is CC(C)c1nc(C(=O)N2CCC3(CCCC3)CC2)n[nH]1. The lowest BCUT2D eigenvalue weighted by Gasteiger charge is -2.39. The van der Waals surface area contributed by atoms with Crippen LogP contribution in [0, 0.1) is 5.41 Å². The maximum atomic E-state index is 12.4. The highest BCUT2D eigenvalue weighted by Crippen LogP contribution is 2.46. The van der Waals surface area contributed by atoms with Crippen molar-refractivity contribution in [3.05, 3.63) is 11.6 Å². The maximum absolute atomic E-state index is 12.4. The fourth-order valence-electron chi connectivity index (χ4n) is 3.58. The molecule has 0 unspecified atom stereocenters. The normalized spacial score (nSPS) is 21.9. The van der Waals surface area contributed by atoms with E-state index in [1.54, 1.807) is 0 Å². The molecule has 20 heavy (non-hydrogen) atoms. The van der Waals surface area contributed by atoms with Gasteiger partial charge >= 0.3 is 0 Å². The molecule has 1 spiro atoms. The Hall–Kier alpha value is -1.39. The number of aromatic nitrogens is 3. The first-order chi connectivity index (χ1) is 9.60. The number of rotatable bonds is 2. The van der Waals surface area contributed by atoms with E-state index >= 15 is 0 Å². The molecule has 2 aliphatic rings. The highest BCUT2D eigenvalue weighted by Gasteiger charge is 2.38. The molecule has 1 aliphatic carbocycles. The zero-order valence-corrected chi connectivity index (χ0v) is 12.5. The maximum Gasteiger partial charge on any atom is 0.293 e. The average Bonchev–Trinajstić information content (AvgIpc) is 3.08. The lowest BCUT2D eigenvalue weighted by Crippen LogP contribution is -2.42. The zero-order chi connectivity index (χ0) is 14.2. The number of nitrogens with zero attached hydrogens (tertiary/aromatic N) is 3. The van der Waals surface area contributed by atoms with Crippen molar-refractivity contribution in [2.24, 2.45) is 5.41 Å². The van der Waals surface area contributed by atoms with Crippen LogP contribution in [-0.4, -0.2) is 39.1 Å². The van der Waals surface area contributed by atoms with Crippen LogP contribution in [0.4, 0.5) is 0 Å². The van der Waals surface area contributed by atoms with Gasteiger partial charge in [-0.3, -0.25) is 9.89 Å². The average molecular weight is 276 g/mol. The minimum absolute atomic E-state index is 0.0130. The van der Waals surface area contributed by atoms with Crippen LogP contribution >= 0.6 is 0 Å². The van der Waals surface area contributed by atoms with E-state index in [4.69, 9.17) is 0 Å². The van der Waals surface area contributed by atoms with Gasteiger partial charge in [-0.15, -0.1) is 5.10 Å². The molecule has 0 radical (unpaired) electrons. The Morgan fingerprint density at radius 3 is 2.40 bits per heavy atom. The highest BCUT2D eigenvalue weighted by molar-refractivity contribution is 5.90. The fourth-order valence-corrected chi connectivity index (χ4v) is 3.58. The number of amides is 1. The predicted molar refractivity (Wildman–Crippen MR) is 76.5 cm³/mol. The van der Waals surface area contributed by atoms with Crippen LogP contribution in [0.15, 0.2) is 0 Å². The Kier molecular flexibility index (Phi) is 3.52. The van der Waals surface area contributed by atoms with Gasteiger partial charge in [0.1, 0.15) is 5.82 Å².